The molecule has 0 atom stereocenters. The van der Waals surface area contributed by atoms with Crippen molar-refractivity contribution in [1.29, 1.82) is 5.26 Å². The summed E-state index contributed by atoms with van der Waals surface area (Å²) in [6.45, 7) is 0. The summed E-state index contributed by atoms with van der Waals surface area (Å²) in [6, 6.07) is 46.8. The van der Waals surface area contributed by atoms with Gasteiger partial charge in [-0.15, -0.1) is 0 Å². The first-order valence-electron chi connectivity index (χ1n) is 12.7. The van der Waals surface area contributed by atoms with Crippen LogP contribution in [0.3, 0.4) is 0 Å². The van der Waals surface area contributed by atoms with Gasteiger partial charge in [-0.25, -0.2) is 0 Å². The summed E-state index contributed by atoms with van der Waals surface area (Å²) in [4.78, 5) is 4.67. The molecule has 0 radical (unpaired) electrons. The van der Waals surface area contributed by atoms with Gasteiger partial charge in [0.25, 0.3) is 0 Å². The van der Waals surface area contributed by atoms with Gasteiger partial charge in [-0.1, -0.05) is 97.1 Å². The number of pyridine rings is 1. The summed E-state index contributed by atoms with van der Waals surface area (Å²) in [6.07, 6.45) is 1.86. The van der Waals surface area contributed by atoms with Gasteiger partial charge in [-0.05, 0) is 79.7 Å². The van der Waals surface area contributed by atoms with E-state index in [1.165, 1.54) is 32.7 Å². The lowest BCUT2D eigenvalue weighted by molar-refractivity contribution is 1.41. The fourth-order valence-electron chi connectivity index (χ4n) is 5.45. The molecule has 38 heavy (non-hydrogen) atoms. The van der Waals surface area contributed by atoms with E-state index >= 15 is 0 Å². The first-order chi connectivity index (χ1) is 18.8. The van der Waals surface area contributed by atoms with Crippen LogP contribution in [0.1, 0.15) is 5.56 Å². The van der Waals surface area contributed by atoms with E-state index in [-0.39, 0.29) is 0 Å². The number of fused-ring (bicyclic) bond motifs is 3. The predicted molar refractivity (Wildman–Crippen MR) is 158 cm³/mol. The Bertz CT molecular complexity index is 2020. The largest absolute Gasteiger partial charge is 0.256 e. The lowest BCUT2D eigenvalue weighted by atomic mass is 9.88. The molecular weight excluding hydrogens is 460 g/mol. The van der Waals surface area contributed by atoms with E-state index in [1.54, 1.807) is 0 Å². The van der Waals surface area contributed by atoms with Crippen LogP contribution in [0.4, 0.5) is 0 Å². The molecule has 0 aliphatic carbocycles. The molecule has 0 N–H and O–H groups in total. The molecule has 7 rings (SSSR count). The van der Waals surface area contributed by atoms with E-state index in [0.29, 0.717) is 5.56 Å². The molecule has 2 heteroatoms. The Balaban J connectivity index is 1.43. The molecule has 0 spiro atoms. The van der Waals surface area contributed by atoms with E-state index in [4.69, 9.17) is 0 Å². The average Bonchev–Trinajstić information content (AvgIpc) is 2.99. The second-order valence-electron chi connectivity index (χ2n) is 9.56. The maximum atomic E-state index is 9.31. The van der Waals surface area contributed by atoms with Gasteiger partial charge in [0.1, 0.15) is 0 Å². The maximum Gasteiger partial charge on any atom is 0.0991 e. The fourth-order valence-corrected chi connectivity index (χ4v) is 5.45. The third-order valence-electron chi connectivity index (χ3n) is 7.33. The highest BCUT2D eigenvalue weighted by Crippen LogP contribution is 2.39. The van der Waals surface area contributed by atoms with Crippen molar-refractivity contribution >= 4 is 32.4 Å². The number of rotatable bonds is 3. The molecule has 1 aromatic heterocycles. The maximum absolute atomic E-state index is 9.31. The minimum Gasteiger partial charge on any atom is -0.256 e. The zero-order valence-corrected chi connectivity index (χ0v) is 20.6. The first-order valence-corrected chi connectivity index (χ1v) is 12.7. The molecular formula is C36H22N2. The Morgan fingerprint density at radius 3 is 2.00 bits per heavy atom. The Hall–Kier alpha value is -5.26. The third-order valence-corrected chi connectivity index (χ3v) is 7.33. The molecule has 0 amide bonds. The van der Waals surface area contributed by atoms with Gasteiger partial charge in [0.05, 0.1) is 17.1 Å². The summed E-state index contributed by atoms with van der Waals surface area (Å²) in [7, 11) is 0. The highest BCUT2D eigenvalue weighted by Gasteiger charge is 2.13. The van der Waals surface area contributed by atoms with Gasteiger partial charge in [0.15, 0.2) is 0 Å². The Kier molecular flexibility index (Phi) is 5.20. The van der Waals surface area contributed by atoms with Gasteiger partial charge in [-0.3, -0.25) is 4.98 Å². The van der Waals surface area contributed by atoms with E-state index in [1.807, 2.05) is 24.4 Å². The average molecular weight is 483 g/mol. The van der Waals surface area contributed by atoms with Crippen molar-refractivity contribution in [2.45, 2.75) is 0 Å². The molecule has 0 saturated heterocycles. The lowest BCUT2D eigenvalue weighted by Gasteiger charge is -2.15. The smallest absolute Gasteiger partial charge is 0.0991 e. The van der Waals surface area contributed by atoms with Crippen LogP contribution < -0.4 is 0 Å². The van der Waals surface area contributed by atoms with Crippen LogP contribution in [0.2, 0.25) is 0 Å². The third kappa shape index (κ3) is 3.70. The minimum absolute atomic E-state index is 0.664. The van der Waals surface area contributed by atoms with Crippen molar-refractivity contribution in [1.82, 2.24) is 4.98 Å². The van der Waals surface area contributed by atoms with Crippen LogP contribution in [-0.4, -0.2) is 4.98 Å². The normalized spacial score (nSPS) is 11.1. The molecule has 0 saturated carbocycles. The number of hydrogen-bond acceptors (Lipinski definition) is 2. The topological polar surface area (TPSA) is 36.7 Å². The number of hydrogen-bond donors (Lipinski definition) is 0. The van der Waals surface area contributed by atoms with Crippen LogP contribution in [0.15, 0.2) is 134 Å². The number of aromatic nitrogens is 1. The number of para-hydroxylation sites is 1. The molecule has 176 valence electrons. The molecule has 0 aliphatic rings. The summed E-state index contributed by atoms with van der Waals surface area (Å²) >= 11 is 0. The molecule has 1 heterocycles. The van der Waals surface area contributed by atoms with Gasteiger partial charge in [-0.2, -0.15) is 5.26 Å². The first kappa shape index (κ1) is 22.0. The highest BCUT2D eigenvalue weighted by molar-refractivity contribution is 6.05. The van der Waals surface area contributed by atoms with E-state index in [2.05, 4.69) is 120 Å². The van der Waals surface area contributed by atoms with Crippen molar-refractivity contribution in [3.05, 3.63) is 139 Å². The number of nitriles is 1. The van der Waals surface area contributed by atoms with Crippen LogP contribution >= 0.6 is 0 Å². The Morgan fingerprint density at radius 1 is 0.500 bits per heavy atom. The standard InChI is InChI=1S/C36H22N2/c37-23-24-10-12-27(13-11-24)35-32-8-2-1-5-26(32)18-19-33(35)29-16-14-25-15-17-30(22-31(25)21-29)34-9-3-6-28-7-4-20-38-36(28)34/h1-22H. The van der Waals surface area contributed by atoms with Crippen molar-refractivity contribution < 1.29 is 0 Å². The van der Waals surface area contributed by atoms with Crippen LogP contribution in [0.25, 0.3) is 65.8 Å². The lowest BCUT2D eigenvalue weighted by Crippen LogP contribution is -1.89. The zero-order valence-electron chi connectivity index (χ0n) is 20.6. The summed E-state index contributed by atoms with van der Waals surface area (Å²) in [5, 5.41) is 15.2. The molecule has 7 aromatic rings. The van der Waals surface area contributed by atoms with E-state index < -0.39 is 0 Å². The molecule has 2 nitrogen and oxygen atoms in total. The van der Waals surface area contributed by atoms with Crippen molar-refractivity contribution in [3.8, 4) is 39.4 Å². The Labute approximate surface area is 221 Å². The van der Waals surface area contributed by atoms with Gasteiger partial charge in [0.2, 0.25) is 0 Å². The monoisotopic (exact) mass is 482 g/mol. The van der Waals surface area contributed by atoms with Crippen molar-refractivity contribution in [2.75, 3.05) is 0 Å². The van der Waals surface area contributed by atoms with Gasteiger partial charge in [0, 0.05) is 17.1 Å². The van der Waals surface area contributed by atoms with E-state index in [9.17, 15) is 5.26 Å². The summed E-state index contributed by atoms with van der Waals surface area (Å²) < 4.78 is 0. The second-order valence-corrected chi connectivity index (χ2v) is 9.56. The second kappa shape index (κ2) is 9.00. The fraction of sp³-hybridized carbons (Fsp3) is 0. The van der Waals surface area contributed by atoms with E-state index in [0.717, 1.165) is 33.2 Å². The molecule has 0 unspecified atom stereocenters. The molecule has 0 fully saturated rings. The van der Waals surface area contributed by atoms with Crippen LogP contribution in [0, 0.1) is 11.3 Å². The molecule has 0 aliphatic heterocycles. The zero-order chi connectivity index (χ0) is 25.5. The number of benzene rings is 6. The molecule has 0 bridgehead atoms. The SMILES string of the molecule is N#Cc1ccc(-c2c(-c3ccc4ccc(-c5cccc6cccnc56)cc4c3)ccc3ccccc23)cc1. The summed E-state index contributed by atoms with van der Waals surface area (Å²) in [5.74, 6) is 0. The minimum atomic E-state index is 0.664. The van der Waals surface area contributed by atoms with Crippen LogP contribution in [0.5, 0.6) is 0 Å². The number of nitrogens with zero attached hydrogens (tertiary/aromatic N) is 2. The quantitative estimate of drug-likeness (QED) is 0.251. The Morgan fingerprint density at radius 2 is 1.18 bits per heavy atom. The summed E-state index contributed by atoms with van der Waals surface area (Å²) in [5.41, 5.74) is 8.60. The highest BCUT2D eigenvalue weighted by atomic mass is 14.6. The van der Waals surface area contributed by atoms with Gasteiger partial charge < -0.3 is 0 Å². The van der Waals surface area contributed by atoms with Crippen molar-refractivity contribution in [2.24, 2.45) is 0 Å². The van der Waals surface area contributed by atoms with Crippen molar-refractivity contribution in [3.63, 3.8) is 0 Å². The predicted octanol–water partition coefficient (Wildman–Crippen LogP) is 9.41. The molecule has 6 aromatic carbocycles. The van der Waals surface area contributed by atoms with Gasteiger partial charge >= 0.3 is 0 Å². The van der Waals surface area contributed by atoms with Crippen LogP contribution in [-0.2, 0) is 0 Å².